The second-order valence-electron chi connectivity index (χ2n) is 6.44. The first-order valence-corrected chi connectivity index (χ1v) is 9.41. The second kappa shape index (κ2) is 6.95. The van der Waals surface area contributed by atoms with Crippen LogP contribution in [0.2, 0.25) is 0 Å². The molecule has 0 bridgehead atoms. The topological polar surface area (TPSA) is 85.0 Å². The molecule has 1 amide bonds. The quantitative estimate of drug-likeness (QED) is 0.705. The molecule has 0 aliphatic carbocycles. The van der Waals surface area contributed by atoms with Gasteiger partial charge in [-0.1, -0.05) is 5.16 Å². The number of amides is 1. The van der Waals surface area contributed by atoms with Gasteiger partial charge in [-0.3, -0.25) is 9.78 Å². The van der Waals surface area contributed by atoms with Crippen LogP contribution < -0.4 is 0 Å². The smallest absolute Gasteiger partial charge is 0.265 e. The summed E-state index contributed by atoms with van der Waals surface area (Å²) in [5.74, 6) is 1.22. The molecular formula is C18H19N5O2S. The number of thiazole rings is 1. The number of pyridine rings is 1. The lowest BCUT2D eigenvalue weighted by atomic mass is 9.97. The largest absolute Gasteiger partial charge is 0.339 e. The van der Waals surface area contributed by atoms with Crippen molar-refractivity contribution in [1.82, 2.24) is 25.0 Å². The number of carbonyl (C=O) groups is 1. The number of aryl methyl sites for hydroxylation is 2. The van der Waals surface area contributed by atoms with Gasteiger partial charge in [-0.25, -0.2) is 4.98 Å². The lowest BCUT2D eigenvalue weighted by molar-refractivity contribution is 0.0699. The third kappa shape index (κ3) is 3.24. The van der Waals surface area contributed by atoms with Crippen LogP contribution >= 0.6 is 11.3 Å². The first-order valence-electron chi connectivity index (χ1n) is 8.59. The highest BCUT2D eigenvalue weighted by atomic mass is 32.1. The van der Waals surface area contributed by atoms with Crippen molar-refractivity contribution in [3.05, 3.63) is 46.0 Å². The molecule has 8 heteroatoms. The van der Waals surface area contributed by atoms with Gasteiger partial charge in [-0.15, -0.1) is 11.3 Å². The van der Waals surface area contributed by atoms with E-state index in [0.717, 1.165) is 40.5 Å². The maximum Gasteiger partial charge on any atom is 0.265 e. The van der Waals surface area contributed by atoms with E-state index in [9.17, 15) is 4.79 Å². The Balaban J connectivity index is 1.51. The Bertz CT molecular complexity index is 921. The molecule has 0 saturated carbocycles. The molecule has 1 saturated heterocycles. The van der Waals surface area contributed by atoms with Crippen LogP contribution in [0.4, 0.5) is 0 Å². The number of hydrogen-bond acceptors (Lipinski definition) is 7. The van der Waals surface area contributed by atoms with Crippen molar-refractivity contribution in [1.29, 1.82) is 0 Å². The van der Waals surface area contributed by atoms with E-state index < -0.39 is 0 Å². The zero-order chi connectivity index (χ0) is 18.1. The molecule has 0 unspecified atom stereocenters. The van der Waals surface area contributed by atoms with E-state index in [4.69, 9.17) is 4.52 Å². The van der Waals surface area contributed by atoms with Gasteiger partial charge < -0.3 is 9.42 Å². The molecule has 1 atom stereocenters. The van der Waals surface area contributed by atoms with Crippen LogP contribution in [-0.4, -0.2) is 44.0 Å². The number of piperidine rings is 1. The summed E-state index contributed by atoms with van der Waals surface area (Å²) in [5.41, 5.74) is 1.62. The Labute approximate surface area is 155 Å². The zero-order valence-corrected chi connectivity index (χ0v) is 15.5. The predicted molar refractivity (Wildman–Crippen MR) is 97.0 cm³/mol. The fourth-order valence-corrected chi connectivity index (χ4v) is 4.14. The molecule has 7 nitrogen and oxygen atoms in total. The predicted octanol–water partition coefficient (Wildman–Crippen LogP) is 3.22. The van der Waals surface area contributed by atoms with Crippen LogP contribution in [0.1, 0.15) is 45.0 Å². The Morgan fingerprint density at radius 3 is 2.96 bits per heavy atom. The molecule has 26 heavy (non-hydrogen) atoms. The van der Waals surface area contributed by atoms with Crippen molar-refractivity contribution in [2.45, 2.75) is 32.6 Å². The minimum absolute atomic E-state index is 0.0461. The third-order valence-corrected chi connectivity index (χ3v) is 5.58. The van der Waals surface area contributed by atoms with Crippen LogP contribution in [-0.2, 0) is 0 Å². The van der Waals surface area contributed by atoms with Crippen LogP contribution in [0.25, 0.3) is 11.4 Å². The van der Waals surface area contributed by atoms with Crippen molar-refractivity contribution < 1.29 is 9.32 Å². The van der Waals surface area contributed by atoms with Crippen molar-refractivity contribution in [3.8, 4) is 11.4 Å². The van der Waals surface area contributed by atoms with E-state index in [-0.39, 0.29) is 11.8 Å². The lowest BCUT2D eigenvalue weighted by Gasteiger charge is -2.30. The molecule has 0 N–H and O–H groups in total. The molecule has 4 heterocycles. The summed E-state index contributed by atoms with van der Waals surface area (Å²) in [6.45, 7) is 5.14. The standard InChI is InChI=1S/C18H19N5O2S/c1-11-15(26-12(2)20-11)18(24)23-8-4-6-14(10-23)17-21-16(22-25-17)13-5-3-7-19-9-13/h3,5,7,9,14H,4,6,8,10H2,1-2H3/t14-/m0/s1. The lowest BCUT2D eigenvalue weighted by Crippen LogP contribution is -2.39. The first-order chi connectivity index (χ1) is 12.6. The fraction of sp³-hybridized carbons (Fsp3) is 0.389. The van der Waals surface area contributed by atoms with Gasteiger partial charge in [0.1, 0.15) is 4.88 Å². The molecule has 0 radical (unpaired) electrons. The number of rotatable bonds is 3. The fourth-order valence-electron chi connectivity index (χ4n) is 3.25. The van der Waals surface area contributed by atoms with Crippen LogP contribution in [0, 0.1) is 13.8 Å². The summed E-state index contributed by atoms with van der Waals surface area (Å²) >= 11 is 1.45. The summed E-state index contributed by atoms with van der Waals surface area (Å²) in [6, 6.07) is 3.74. The Kier molecular flexibility index (Phi) is 4.50. The van der Waals surface area contributed by atoms with E-state index in [1.165, 1.54) is 11.3 Å². The molecule has 134 valence electrons. The highest BCUT2D eigenvalue weighted by Crippen LogP contribution is 2.29. The number of likely N-dealkylation sites (tertiary alicyclic amines) is 1. The van der Waals surface area contributed by atoms with Gasteiger partial charge in [-0.05, 0) is 38.8 Å². The number of carbonyl (C=O) groups excluding carboxylic acids is 1. The monoisotopic (exact) mass is 369 g/mol. The molecule has 0 aromatic carbocycles. The van der Waals surface area contributed by atoms with Crippen LogP contribution in [0.3, 0.4) is 0 Å². The second-order valence-corrected chi connectivity index (χ2v) is 7.64. The molecule has 4 rings (SSSR count). The van der Waals surface area contributed by atoms with Gasteiger partial charge in [-0.2, -0.15) is 4.98 Å². The SMILES string of the molecule is Cc1nc(C)c(C(=O)N2CCC[C@H](c3nc(-c4cccnc4)no3)C2)s1. The summed E-state index contributed by atoms with van der Waals surface area (Å²) in [7, 11) is 0. The molecule has 3 aromatic rings. The summed E-state index contributed by atoms with van der Waals surface area (Å²) in [4.78, 5) is 28.4. The van der Waals surface area contributed by atoms with E-state index in [1.54, 1.807) is 12.4 Å². The number of nitrogens with zero attached hydrogens (tertiary/aromatic N) is 5. The Morgan fingerprint density at radius 1 is 1.35 bits per heavy atom. The number of aromatic nitrogens is 4. The molecule has 1 aliphatic heterocycles. The third-order valence-electron chi connectivity index (χ3n) is 4.52. The van der Waals surface area contributed by atoms with Crippen LogP contribution in [0.15, 0.2) is 29.0 Å². The van der Waals surface area contributed by atoms with Gasteiger partial charge in [0.2, 0.25) is 11.7 Å². The highest BCUT2D eigenvalue weighted by molar-refractivity contribution is 7.13. The summed E-state index contributed by atoms with van der Waals surface area (Å²) in [6.07, 6.45) is 5.26. The zero-order valence-electron chi connectivity index (χ0n) is 14.7. The van der Waals surface area contributed by atoms with E-state index >= 15 is 0 Å². The Morgan fingerprint density at radius 2 is 2.23 bits per heavy atom. The van der Waals surface area contributed by atoms with Gasteiger partial charge in [0, 0.05) is 31.0 Å². The molecule has 3 aromatic heterocycles. The molecule has 1 aliphatic rings. The first kappa shape index (κ1) is 16.8. The van der Waals surface area contributed by atoms with Gasteiger partial charge in [0.25, 0.3) is 5.91 Å². The van der Waals surface area contributed by atoms with E-state index in [0.29, 0.717) is 18.3 Å². The van der Waals surface area contributed by atoms with Gasteiger partial charge in [0.05, 0.1) is 16.6 Å². The summed E-state index contributed by atoms with van der Waals surface area (Å²) in [5, 5.41) is 4.98. The van der Waals surface area contributed by atoms with Crippen molar-refractivity contribution >= 4 is 17.2 Å². The van der Waals surface area contributed by atoms with Crippen molar-refractivity contribution in [2.24, 2.45) is 0 Å². The van der Waals surface area contributed by atoms with Gasteiger partial charge in [0.15, 0.2) is 0 Å². The van der Waals surface area contributed by atoms with Crippen molar-refractivity contribution in [3.63, 3.8) is 0 Å². The molecular weight excluding hydrogens is 350 g/mol. The normalized spacial score (nSPS) is 17.5. The van der Waals surface area contributed by atoms with Crippen LogP contribution in [0.5, 0.6) is 0 Å². The molecule has 1 fully saturated rings. The number of hydrogen-bond donors (Lipinski definition) is 0. The maximum atomic E-state index is 12.9. The minimum atomic E-state index is 0.0461. The van der Waals surface area contributed by atoms with E-state index in [2.05, 4.69) is 20.1 Å². The van der Waals surface area contributed by atoms with Crippen molar-refractivity contribution in [2.75, 3.05) is 13.1 Å². The Hall–Kier alpha value is -2.61. The molecule has 0 spiro atoms. The summed E-state index contributed by atoms with van der Waals surface area (Å²) < 4.78 is 5.48. The average Bonchev–Trinajstić information content (AvgIpc) is 3.28. The van der Waals surface area contributed by atoms with Gasteiger partial charge >= 0.3 is 0 Å². The van der Waals surface area contributed by atoms with E-state index in [1.807, 2.05) is 30.9 Å². The maximum absolute atomic E-state index is 12.9. The highest BCUT2D eigenvalue weighted by Gasteiger charge is 2.30. The average molecular weight is 369 g/mol. The minimum Gasteiger partial charge on any atom is -0.339 e.